The maximum atomic E-state index is 12.8. The highest BCUT2D eigenvalue weighted by Gasteiger charge is 2.21. The highest BCUT2D eigenvalue weighted by molar-refractivity contribution is 5.95. The fraction of sp³-hybridized carbons (Fsp3) is 0.400. The molecule has 0 aromatic carbocycles. The number of methoxy groups -OCH3 is 1. The molecule has 1 aliphatic heterocycles. The van der Waals surface area contributed by atoms with Gasteiger partial charge in [0.1, 0.15) is 11.4 Å². The van der Waals surface area contributed by atoms with E-state index in [1.807, 2.05) is 6.20 Å². The van der Waals surface area contributed by atoms with Gasteiger partial charge in [-0.1, -0.05) is 6.07 Å². The second-order valence-corrected chi connectivity index (χ2v) is 6.90. The molecule has 152 valence electrons. The summed E-state index contributed by atoms with van der Waals surface area (Å²) in [6, 6.07) is 4.01. The zero-order valence-electron chi connectivity index (χ0n) is 15.8. The summed E-state index contributed by atoms with van der Waals surface area (Å²) in [6.45, 7) is 1.39. The van der Waals surface area contributed by atoms with E-state index in [9.17, 15) is 13.6 Å². The summed E-state index contributed by atoms with van der Waals surface area (Å²) < 4.78 is 38.4. The summed E-state index contributed by atoms with van der Waals surface area (Å²) in [5.74, 6) is 0.106. The third-order valence-electron chi connectivity index (χ3n) is 4.87. The van der Waals surface area contributed by atoms with Gasteiger partial charge in [0.2, 0.25) is 5.65 Å². The van der Waals surface area contributed by atoms with E-state index in [0.717, 1.165) is 25.1 Å². The molecule has 1 saturated heterocycles. The van der Waals surface area contributed by atoms with Crippen LogP contribution in [-0.4, -0.2) is 45.5 Å². The van der Waals surface area contributed by atoms with Crippen molar-refractivity contribution in [2.24, 2.45) is 0 Å². The van der Waals surface area contributed by atoms with Crippen LogP contribution in [0.2, 0.25) is 0 Å². The van der Waals surface area contributed by atoms with Crippen LogP contribution in [0.15, 0.2) is 30.6 Å². The molecule has 1 unspecified atom stereocenters. The number of aromatic nitrogens is 4. The number of Topliss-reactive ketones (excluding diaryl/α,β-unsaturated/α-hetero) is 1. The number of alkyl halides is 2. The molecule has 7 nitrogen and oxygen atoms in total. The van der Waals surface area contributed by atoms with Gasteiger partial charge in [-0.3, -0.25) is 4.79 Å². The predicted molar refractivity (Wildman–Crippen MR) is 99.6 cm³/mol. The monoisotopic (exact) mass is 402 g/mol. The summed E-state index contributed by atoms with van der Waals surface area (Å²) in [5, 5.41) is 0. The second kappa shape index (κ2) is 8.20. The Kier molecular flexibility index (Phi) is 5.48. The molecule has 29 heavy (non-hydrogen) atoms. The van der Waals surface area contributed by atoms with Crippen molar-refractivity contribution in [1.29, 1.82) is 0 Å². The SMILES string of the molecule is COc1nc(CC(=O)c2cccc(C(F)F)n2)cn2cc(C3CCCOC3)nc12. The molecule has 0 amide bonds. The van der Waals surface area contributed by atoms with E-state index in [2.05, 4.69) is 15.0 Å². The van der Waals surface area contributed by atoms with Gasteiger partial charge in [0.25, 0.3) is 12.3 Å². The number of fused-ring (bicyclic) bond motifs is 1. The van der Waals surface area contributed by atoms with Gasteiger partial charge < -0.3 is 13.9 Å². The summed E-state index contributed by atoms with van der Waals surface area (Å²) in [4.78, 5) is 25.3. The zero-order chi connectivity index (χ0) is 20.4. The predicted octanol–water partition coefficient (Wildman–Crippen LogP) is 3.39. The van der Waals surface area contributed by atoms with Gasteiger partial charge in [0.15, 0.2) is 5.78 Å². The number of halogens is 2. The van der Waals surface area contributed by atoms with Crippen LogP contribution in [0.4, 0.5) is 8.78 Å². The van der Waals surface area contributed by atoms with E-state index in [0.29, 0.717) is 23.8 Å². The average molecular weight is 402 g/mol. The molecule has 0 radical (unpaired) electrons. The Morgan fingerprint density at radius 1 is 1.31 bits per heavy atom. The summed E-state index contributed by atoms with van der Waals surface area (Å²) in [6.07, 6.45) is 2.75. The molecule has 0 aliphatic carbocycles. The van der Waals surface area contributed by atoms with E-state index >= 15 is 0 Å². The number of ether oxygens (including phenoxy) is 2. The first kappa shape index (κ1) is 19.4. The molecule has 3 aromatic heterocycles. The van der Waals surface area contributed by atoms with Crippen LogP contribution in [0.3, 0.4) is 0 Å². The zero-order valence-corrected chi connectivity index (χ0v) is 15.8. The fourth-order valence-corrected chi connectivity index (χ4v) is 3.42. The molecule has 4 rings (SSSR count). The van der Waals surface area contributed by atoms with Crippen molar-refractivity contribution >= 4 is 11.4 Å². The van der Waals surface area contributed by atoms with Crippen molar-refractivity contribution in [3.8, 4) is 5.88 Å². The highest BCUT2D eigenvalue weighted by atomic mass is 19.3. The molecular weight excluding hydrogens is 382 g/mol. The molecule has 4 heterocycles. The molecule has 0 bridgehead atoms. The van der Waals surface area contributed by atoms with Gasteiger partial charge in [-0.15, -0.1) is 0 Å². The normalized spacial score (nSPS) is 17.0. The van der Waals surface area contributed by atoms with Crippen LogP contribution in [0.25, 0.3) is 5.65 Å². The number of pyridine rings is 1. The summed E-state index contributed by atoms with van der Waals surface area (Å²) in [7, 11) is 1.49. The topological polar surface area (TPSA) is 78.6 Å². The number of hydrogen-bond acceptors (Lipinski definition) is 6. The van der Waals surface area contributed by atoms with Crippen LogP contribution < -0.4 is 4.74 Å². The Balaban J connectivity index is 1.62. The minimum atomic E-state index is -2.73. The second-order valence-electron chi connectivity index (χ2n) is 6.90. The lowest BCUT2D eigenvalue weighted by atomic mass is 9.99. The van der Waals surface area contributed by atoms with Crippen LogP contribution in [0, 0.1) is 0 Å². The van der Waals surface area contributed by atoms with Crippen LogP contribution in [0.5, 0.6) is 5.88 Å². The number of nitrogens with zero attached hydrogens (tertiary/aromatic N) is 4. The van der Waals surface area contributed by atoms with E-state index < -0.39 is 17.9 Å². The van der Waals surface area contributed by atoms with E-state index in [-0.39, 0.29) is 18.0 Å². The third-order valence-corrected chi connectivity index (χ3v) is 4.87. The van der Waals surface area contributed by atoms with Gasteiger partial charge in [0.05, 0.1) is 31.5 Å². The molecule has 0 spiro atoms. The minimum absolute atomic E-state index is 0.0191. The average Bonchev–Trinajstić information content (AvgIpc) is 3.18. The van der Waals surface area contributed by atoms with Gasteiger partial charge in [-0.2, -0.15) is 0 Å². The molecule has 0 saturated carbocycles. The Hall–Kier alpha value is -2.94. The van der Waals surface area contributed by atoms with Crippen molar-refractivity contribution in [1.82, 2.24) is 19.4 Å². The molecule has 1 aliphatic rings. The molecule has 1 fully saturated rings. The minimum Gasteiger partial charge on any atom is -0.478 e. The highest BCUT2D eigenvalue weighted by Crippen LogP contribution is 2.27. The van der Waals surface area contributed by atoms with Gasteiger partial charge in [-0.05, 0) is 25.0 Å². The standard InChI is InChI=1S/C20H20F2N4O3/c1-28-20-19-25-16(12-4-3-7-29-11-12)10-26(19)9-13(23-20)8-17(27)14-5-2-6-15(24-14)18(21)22/h2,5-6,9-10,12,18H,3-4,7-8,11H2,1H3. The fourth-order valence-electron chi connectivity index (χ4n) is 3.42. The lowest BCUT2D eigenvalue weighted by Crippen LogP contribution is -2.15. The molecule has 1 atom stereocenters. The molecule has 3 aromatic rings. The van der Waals surface area contributed by atoms with E-state index in [1.54, 1.807) is 10.6 Å². The van der Waals surface area contributed by atoms with Crippen LogP contribution >= 0.6 is 0 Å². The number of hydrogen-bond donors (Lipinski definition) is 0. The maximum absolute atomic E-state index is 12.8. The number of rotatable bonds is 6. The lowest BCUT2D eigenvalue weighted by Gasteiger charge is -2.19. The van der Waals surface area contributed by atoms with Crippen molar-refractivity contribution in [2.45, 2.75) is 31.6 Å². The van der Waals surface area contributed by atoms with Crippen LogP contribution in [-0.2, 0) is 11.2 Å². The van der Waals surface area contributed by atoms with E-state index in [1.165, 1.54) is 25.3 Å². The summed E-state index contributed by atoms with van der Waals surface area (Å²) in [5.41, 5.74) is 1.44. The third kappa shape index (κ3) is 4.09. The first-order valence-electron chi connectivity index (χ1n) is 9.33. The summed E-state index contributed by atoms with van der Waals surface area (Å²) >= 11 is 0. The molecular formula is C20H20F2N4O3. The Morgan fingerprint density at radius 2 is 2.17 bits per heavy atom. The van der Waals surface area contributed by atoms with Gasteiger partial charge in [0, 0.05) is 24.9 Å². The quantitative estimate of drug-likeness (QED) is 0.588. The first-order valence-corrected chi connectivity index (χ1v) is 9.33. The maximum Gasteiger partial charge on any atom is 0.280 e. The smallest absolute Gasteiger partial charge is 0.280 e. The number of ketones is 1. The van der Waals surface area contributed by atoms with Gasteiger partial charge in [-0.25, -0.2) is 23.7 Å². The first-order chi connectivity index (χ1) is 14.0. The Labute approximate surface area is 165 Å². The van der Waals surface area contributed by atoms with Crippen molar-refractivity contribution < 1.29 is 23.0 Å². The number of carbonyl (C=O) groups is 1. The van der Waals surface area contributed by atoms with Crippen molar-refractivity contribution in [3.63, 3.8) is 0 Å². The Morgan fingerprint density at radius 3 is 2.90 bits per heavy atom. The molecule has 9 heteroatoms. The molecule has 0 N–H and O–H groups in total. The number of carbonyl (C=O) groups excluding carboxylic acids is 1. The lowest BCUT2D eigenvalue weighted by molar-refractivity contribution is 0.0794. The van der Waals surface area contributed by atoms with Crippen molar-refractivity contribution in [2.75, 3.05) is 20.3 Å². The Bertz CT molecular complexity index is 1030. The number of imidazole rings is 1. The van der Waals surface area contributed by atoms with E-state index in [4.69, 9.17) is 9.47 Å². The largest absolute Gasteiger partial charge is 0.478 e. The van der Waals surface area contributed by atoms with Gasteiger partial charge >= 0.3 is 0 Å². The van der Waals surface area contributed by atoms with Crippen LogP contribution in [0.1, 0.15) is 52.8 Å². The van der Waals surface area contributed by atoms with Crippen molar-refractivity contribution in [3.05, 3.63) is 53.4 Å².